The zero-order valence-corrected chi connectivity index (χ0v) is 32.1. The number of hydroxylamine groups is 2. The van der Waals surface area contributed by atoms with Crippen molar-refractivity contribution in [2.75, 3.05) is 40.1 Å². The number of ether oxygens (including phenoxy) is 1. The summed E-state index contributed by atoms with van der Waals surface area (Å²) in [6.45, 7) is 13.5. The number of carbonyl (C=O) groups is 1. The maximum atomic E-state index is 14.2. The van der Waals surface area contributed by atoms with E-state index in [2.05, 4.69) is 50.2 Å². The first-order valence-corrected chi connectivity index (χ1v) is 18.7. The third-order valence-corrected chi connectivity index (χ3v) is 12.0. The summed E-state index contributed by atoms with van der Waals surface area (Å²) in [5, 5.41) is 40.9. The number of hydrogen-bond donors (Lipinski definition) is 6. The normalized spacial score (nSPS) is 29.1. The van der Waals surface area contributed by atoms with Crippen molar-refractivity contribution < 1.29 is 29.7 Å². The van der Waals surface area contributed by atoms with E-state index in [0.717, 1.165) is 36.1 Å². The topological polar surface area (TPSA) is 153 Å². The number of para-hydroxylation sites is 1. The summed E-state index contributed by atoms with van der Waals surface area (Å²) in [5.41, 5.74) is 10.2. The summed E-state index contributed by atoms with van der Waals surface area (Å²) < 4.78 is 6.02. The molecule has 2 aromatic carbocycles. The number of aliphatic hydroxyl groups excluding tert-OH is 3. The molecule has 1 heterocycles. The van der Waals surface area contributed by atoms with Gasteiger partial charge in [0.15, 0.2) is 0 Å². The predicted octanol–water partition coefficient (Wildman–Crippen LogP) is 4.16. The lowest BCUT2D eigenvalue weighted by Gasteiger charge is -2.62. The number of methoxy groups -OCH3 is 1. The van der Waals surface area contributed by atoms with Crippen LogP contribution < -0.4 is 21.1 Å². The lowest BCUT2D eigenvalue weighted by molar-refractivity contribution is -0.183. The molecule has 4 aliphatic rings. The second-order valence-corrected chi connectivity index (χ2v) is 16.8. The summed E-state index contributed by atoms with van der Waals surface area (Å²) >= 11 is 0. The Morgan fingerprint density at radius 3 is 2.47 bits per heavy atom. The fourth-order valence-corrected chi connectivity index (χ4v) is 9.34. The van der Waals surface area contributed by atoms with Gasteiger partial charge >= 0.3 is 0 Å². The Bertz CT molecular complexity index is 1490. The molecule has 4 fully saturated rings. The summed E-state index contributed by atoms with van der Waals surface area (Å²) in [6, 6.07) is 10.6. The minimum Gasteiger partial charge on any atom is -0.496 e. The highest BCUT2D eigenvalue weighted by atomic mass is 16.7. The Hall–Kier alpha value is -2.77. The molecule has 7 N–H and O–H groups in total. The van der Waals surface area contributed by atoms with Gasteiger partial charge in [-0.25, -0.2) is 0 Å². The number of nitrogens with one attached hydrogen (secondary N) is 2. The van der Waals surface area contributed by atoms with Crippen molar-refractivity contribution in [3.8, 4) is 16.9 Å². The highest BCUT2D eigenvalue weighted by molar-refractivity contribution is 5.83. The Labute approximate surface area is 304 Å². The molecular weight excluding hydrogens is 646 g/mol. The SMILES string of the molecule is COc1c(CN2O[C@@H](CO)[C@@H]([C@H](C)O)[C@H]2C(=O)N[C@H]2C[C@H]3C[C@@H]([C@@H]2C)C3(C)C)cccc1-c1cc(N)cc(C(O)N[C@@H](CC(C)C)CN(C)C)c1. The molecule has 11 heteroatoms. The second kappa shape index (κ2) is 16.1. The number of nitrogens with zero attached hydrogens (tertiary/aromatic N) is 2. The maximum absolute atomic E-state index is 14.2. The molecule has 284 valence electrons. The van der Waals surface area contributed by atoms with Crippen LogP contribution in [0.2, 0.25) is 0 Å². The summed E-state index contributed by atoms with van der Waals surface area (Å²) in [5.74, 6) is 1.68. The summed E-state index contributed by atoms with van der Waals surface area (Å²) in [6.07, 6.45) is 0.475. The van der Waals surface area contributed by atoms with Gasteiger partial charge in [0, 0.05) is 41.4 Å². The molecule has 2 bridgehead atoms. The maximum Gasteiger partial charge on any atom is 0.240 e. The lowest BCUT2D eigenvalue weighted by atomic mass is 9.45. The van der Waals surface area contributed by atoms with Crippen molar-refractivity contribution in [3.63, 3.8) is 0 Å². The van der Waals surface area contributed by atoms with E-state index in [1.807, 2.05) is 44.4 Å². The Balaban J connectivity index is 1.41. The molecule has 51 heavy (non-hydrogen) atoms. The van der Waals surface area contributed by atoms with Crippen molar-refractivity contribution in [1.29, 1.82) is 0 Å². The van der Waals surface area contributed by atoms with Crippen LogP contribution in [0.3, 0.4) is 0 Å². The van der Waals surface area contributed by atoms with Gasteiger partial charge in [0.2, 0.25) is 5.91 Å². The first kappa shape index (κ1) is 39.4. The zero-order chi connectivity index (χ0) is 37.4. The van der Waals surface area contributed by atoms with Crippen LogP contribution >= 0.6 is 0 Å². The zero-order valence-electron chi connectivity index (χ0n) is 32.1. The number of rotatable bonds is 15. The highest BCUT2D eigenvalue weighted by Crippen LogP contribution is 2.61. The molecule has 0 spiro atoms. The van der Waals surface area contributed by atoms with Crippen LogP contribution in [0.25, 0.3) is 11.1 Å². The molecule has 0 radical (unpaired) electrons. The molecule has 3 aliphatic carbocycles. The van der Waals surface area contributed by atoms with Crippen LogP contribution in [0.1, 0.15) is 78.2 Å². The monoisotopic (exact) mass is 709 g/mol. The van der Waals surface area contributed by atoms with Gasteiger partial charge in [0.25, 0.3) is 0 Å². The predicted molar refractivity (Wildman–Crippen MR) is 200 cm³/mol. The van der Waals surface area contributed by atoms with Crippen LogP contribution in [-0.4, -0.2) is 95.9 Å². The van der Waals surface area contributed by atoms with E-state index in [-0.39, 0.29) is 36.6 Å². The number of anilines is 1. The van der Waals surface area contributed by atoms with Crippen LogP contribution in [-0.2, 0) is 16.2 Å². The Kier molecular flexibility index (Phi) is 12.4. The minimum absolute atomic E-state index is 0.0444. The molecule has 1 unspecified atom stereocenters. The molecule has 11 nitrogen and oxygen atoms in total. The largest absolute Gasteiger partial charge is 0.496 e. The number of nitrogens with two attached hydrogens (primary N) is 1. The van der Waals surface area contributed by atoms with Gasteiger partial charge < -0.3 is 36.0 Å². The molecule has 0 aromatic heterocycles. The number of likely N-dealkylation sites (N-methyl/N-ethyl adjacent to an activating group) is 1. The average Bonchev–Trinajstić information content (AvgIpc) is 3.43. The number of hydrogen-bond acceptors (Lipinski definition) is 10. The van der Waals surface area contributed by atoms with Gasteiger partial charge in [0.05, 0.1) is 26.4 Å². The van der Waals surface area contributed by atoms with E-state index < -0.39 is 30.4 Å². The summed E-state index contributed by atoms with van der Waals surface area (Å²) in [7, 11) is 5.65. The second-order valence-electron chi connectivity index (χ2n) is 16.8. The van der Waals surface area contributed by atoms with E-state index in [0.29, 0.717) is 40.7 Å². The van der Waals surface area contributed by atoms with Crippen molar-refractivity contribution in [2.45, 2.75) is 104 Å². The Morgan fingerprint density at radius 1 is 1.16 bits per heavy atom. The van der Waals surface area contributed by atoms with Crippen LogP contribution in [0.15, 0.2) is 36.4 Å². The fraction of sp³-hybridized carbons (Fsp3) is 0.675. The van der Waals surface area contributed by atoms with E-state index in [4.69, 9.17) is 15.3 Å². The molecule has 1 amide bonds. The first-order chi connectivity index (χ1) is 24.0. The van der Waals surface area contributed by atoms with E-state index in [1.54, 1.807) is 25.2 Å². The number of aliphatic hydroxyl groups is 3. The van der Waals surface area contributed by atoms with Crippen molar-refractivity contribution in [1.82, 2.24) is 20.6 Å². The third-order valence-electron chi connectivity index (χ3n) is 12.0. The van der Waals surface area contributed by atoms with Crippen LogP contribution in [0, 0.1) is 35.0 Å². The quantitative estimate of drug-likeness (QED) is 0.118. The molecule has 10 atom stereocenters. The van der Waals surface area contributed by atoms with Gasteiger partial charge in [0.1, 0.15) is 24.1 Å². The molecule has 1 saturated heterocycles. The fourth-order valence-electron chi connectivity index (χ4n) is 9.34. The smallest absolute Gasteiger partial charge is 0.240 e. The number of carbonyl (C=O) groups excluding carboxylic acids is 1. The molecular formula is C40H63N5O6. The molecule has 2 aromatic rings. The van der Waals surface area contributed by atoms with Crippen molar-refractivity contribution in [2.24, 2.45) is 35.0 Å². The van der Waals surface area contributed by atoms with Crippen LogP contribution in [0.5, 0.6) is 5.75 Å². The van der Waals surface area contributed by atoms with Gasteiger partial charge in [-0.15, -0.1) is 0 Å². The molecule has 6 rings (SSSR count). The van der Waals surface area contributed by atoms with E-state index >= 15 is 0 Å². The number of nitrogen functional groups attached to an aromatic ring is 1. The van der Waals surface area contributed by atoms with Gasteiger partial charge in [-0.1, -0.05) is 52.8 Å². The number of benzene rings is 2. The molecule has 3 saturated carbocycles. The average molecular weight is 710 g/mol. The van der Waals surface area contributed by atoms with Gasteiger partial charge in [-0.2, -0.15) is 5.06 Å². The van der Waals surface area contributed by atoms with Gasteiger partial charge in [-0.3, -0.25) is 14.9 Å². The van der Waals surface area contributed by atoms with Crippen molar-refractivity contribution >= 4 is 11.6 Å². The number of amides is 1. The lowest BCUT2D eigenvalue weighted by Crippen LogP contribution is -2.62. The minimum atomic E-state index is -0.931. The van der Waals surface area contributed by atoms with Gasteiger partial charge in [-0.05, 0) is 98.7 Å². The van der Waals surface area contributed by atoms with E-state index in [9.17, 15) is 20.1 Å². The Morgan fingerprint density at radius 2 is 1.88 bits per heavy atom. The third kappa shape index (κ3) is 8.40. The first-order valence-electron chi connectivity index (χ1n) is 18.7. The standard InChI is InChI=1S/C40H63N5O6/c1-22(2)13-30(20-44(7)8)42-38(48)27-14-26(15-29(41)16-27)31-12-10-11-25(37(31)50-9)19-45-36(35(24(4)47)34(21-46)51-45)39(49)43-33-18-28-17-32(23(33)3)40(28,5)6/h10-12,14-16,22-24,28,30,32-36,38,42,46-48H,13,17-21,41H2,1-9H3,(H,43,49)/t23-,24-,28+,30-,32-,33-,34-,35+,36-,38?/m0/s1. The van der Waals surface area contributed by atoms with Crippen LogP contribution in [0.4, 0.5) is 5.69 Å². The molecule has 1 aliphatic heterocycles. The number of fused-ring (bicyclic) bond motifs is 2. The van der Waals surface area contributed by atoms with E-state index in [1.165, 1.54) is 6.42 Å². The highest BCUT2D eigenvalue weighted by Gasteiger charge is 2.57. The van der Waals surface area contributed by atoms with Crippen molar-refractivity contribution in [3.05, 3.63) is 47.5 Å². The summed E-state index contributed by atoms with van der Waals surface area (Å²) in [4.78, 5) is 22.6.